The maximum Gasteiger partial charge on any atom is 0.0685 e. The van der Waals surface area contributed by atoms with Gasteiger partial charge in [0.2, 0.25) is 0 Å². The first-order chi connectivity index (χ1) is 6.77. The highest BCUT2D eigenvalue weighted by Crippen LogP contribution is 2.34. The average molecular weight is 336 g/mol. The van der Waals surface area contributed by atoms with Gasteiger partial charge in [-0.25, -0.2) is 0 Å². The van der Waals surface area contributed by atoms with E-state index < -0.39 is 0 Å². The summed E-state index contributed by atoms with van der Waals surface area (Å²) in [6.45, 7) is 0.0906. The Morgan fingerprint density at radius 3 is 2.86 bits per heavy atom. The summed E-state index contributed by atoms with van der Waals surface area (Å²) in [4.78, 5) is 0. The first-order valence-corrected chi connectivity index (χ1v) is 6.91. The van der Waals surface area contributed by atoms with Crippen molar-refractivity contribution in [3.05, 3.63) is 33.1 Å². The van der Waals surface area contributed by atoms with E-state index in [1.165, 1.54) is 15.6 Å². The van der Waals surface area contributed by atoms with Crippen LogP contribution in [0, 0.1) is 0 Å². The van der Waals surface area contributed by atoms with Crippen LogP contribution >= 0.6 is 43.2 Å². The number of rotatable bonds is 2. The number of hydrogen-bond donors (Lipinski definition) is 1. The van der Waals surface area contributed by atoms with E-state index in [4.69, 9.17) is 0 Å². The van der Waals surface area contributed by atoms with Gasteiger partial charge < -0.3 is 5.11 Å². The van der Waals surface area contributed by atoms with Crippen LogP contribution in [-0.4, -0.2) is 5.11 Å². The Morgan fingerprint density at radius 2 is 2.21 bits per heavy atom. The molecule has 0 fully saturated rings. The van der Waals surface area contributed by atoms with Gasteiger partial charge in [-0.15, -0.1) is 11.3 Å². The zero-order valence-electron chi connectivity index (χ0n) is 7.26. The second-order valence-corrected chi connectivity index (χ2v) is 5.28. The Bertz CT molecular complexity index is 464. The molecule has 0 aliphatic carbocycles. The highest BCUT2D eigenvalue weighted by atomic mass is 79.9. The standard InChI is InChI=1S/C10H8Br2OS/c11-4-8-6(5-13)3-9(12)7-1-2-14-10(7)8/h1-3,13H,4-5H2. The minimum absolute atomic E-state index is 0.0906. The normalized spacial score (nSPS) is 11.1. The van der Waals surface area contributed by atoms with Crippen LogP contribution in [0.2, 0.25) is 0 Å². The van der Waals surface area contributed by atoms with Crippen LogP contribution in [0.5, 0.6) is 0 Å². The second kappa shape index (κ2) is 4.31. The average Bonchev–Trinajstić information content (AvgIpc) is 2.66. The molecule has 0 radical (unpaired) electrons. The summed E-state index contributed by atoms with van der Waals surface area (Å²) in [5.74, 6) is 0. The van der Waals surface area contributed by atoms with E-state index >= 15 is 0 Å². The summed E-state index contributed by atoms with van der Waals surface area (Å²) >= 11 is 8.68. The van der Waals surface area contributed by atoms with Crippen molar-refractivity contribution in [2.75, 3.05) is 0 Å². The van der Waals surface area contributed by atoms with Crippen molar-refractivity contribution in [3.8, 4) is 0 Å². The maximum absolute atomic E-state index is 9.23. The molecule has 0 atom stereocenters. The smallest absolute Gasteiger partial charge is 0.0685 e. The SMILES string of the molecule is OCc1cc(Br)c2ccsc2c1CBr. The quantitative estimate of drug-likeness (QED) is 0.821. The summed E-state index contributed by atoms with van der Waals surface area (Å²) in [6, 6.07) is 4.09. The van der Waals surface area contributed by atoms with Gasteiger partial charge >= 0.3 is 0 Å². The van der Waals surface area contributed by atoms with Gasteiger partial charge in [0.15, 0.2) is 0 Å². The largest absolute Gasteiger partial charge is 0.392 e. The van der Waals surface area contributed by atoms with Crippen LogP contribution in [-0.2, 0) is 11.9 Å². The van der Waals surface area contributed by atoms with Gasteiger partial charge in [0, 0.05) is 19.9 Å². The van der Waals surface area contributed by atoms with E-state index in [1.54, 1.807) is 11.3 Å². The predicted octanol–water partition coefficient (Wildman–Crippen LogP) is 4.05. The molecule has 14 heavy (non-hydrogen) atoms. The fraction of sp³-hybridized carbons (Fsp3) is 0.200. The lowest BCUT2D eigenvalue weighted by Gasteiger charge is -2.07. The highest BCUT2D eigenvalue weighted by molar-refractivity contribution is 9.10. The molecule has 0 aliphatic heterocycles. The number of alkyl halides is 1. The van der Waals surface area contributed by atoms with Crippen LogP contribution < -0.4 is 0 Å². The molecule has 4 heteroatoms. The van der Waals surface area contributed by atoms with Crippen LogP contribution in [0.3, 0.4) is 0 Å². The summed E-state index contributed by atoms with van der Waals surface area (Å²) in [5.41, 5.74) is 2.18. The van der Waals surface area contributed by atoms with Gasteiger partial charge in [0.25, 0.3) is 0 Å². The van der Waals surface area contributed by atoms with Crippen molar-refractivity contribution < 1.29 is 5.11 Å². The van der Waals surface area contributed by atoms with Gasteiger partial charge in [-0.2, -0.15) is 0 Å². The maximum atomic E-state index is 9.23. The monoisotopic (exact) mass is 334 g/mol. The minimum Gasteiger partial charge on any atom is -0.392 e. The summed E-state index contributed by atoms with van der Waals surface area (Å²) in [5, 5.41) is 13.3. The van der Waals surface area contributed by atoms with Crippen molar-refractivity contribution in [1.29, 1.82) is 0 Å². The third-order valence-corrected chi connectivity index (χ3v) is 4.38. The first-order valence-electron chi connectivity index (χ1n) is 4.12. The fourth-order valence-corrected chi connectivity index (χ4v) is 4.04. The van der Waals surface area contributed by atoms with Gasteiger partial charge in [-0.1, -0.05) is 31.9 Å². The summed E-state index contributed by atoms with van der Waals surface area (Å²) < 4.78 is 2.31. The zero-order valence-corrected chi connectivity index (χ0v) is 11.2. The van der Waals surface area contributed by atoms with E-state index in [2.05, 4.69) is 43.3 Å². The van der Waals surface area contributed by atoms with Crippen molar-refractivity contribution in [3.63, 3.8) is 0 Å². The zero-order chi connectivity index (χ0) is 10.1. The molecule has 1 aromatic heterocycles. The molecular weight excluding hydrogens is 328 g/mol. The fourth-order valence-electron chi connectivity index (χ4n) is 1.48. The molecule has 0 amide bonds. The number of aliphatic hydroxyl groups excluding tert-OH is 1. The van der Waals surface area contributed by atoms with Gasteiger partial charge in [-0.05, 0) is 28.6 Å². The van der Waals surface area contributed by atoms with Crippen LogP contribution in [0.15, 0.2) is 22.0 Å². The molecule has 0 saturated carbocycles. The lowest BCUT2D eigenvalue weighted by molar-refractivity contribution is 0.281. The van der Waals surface area contributed by atoms with Crippen molar-refractivity contribution in [1.82, 2.24) is 0 Å². The third-order valence-electron chi connectivity index (χ3n) is 2.19. The molecular formula is C10H8Br2OS. The Kier molecular flexibility index (Phi) is 3.27. The predicted molar refractivity (Wildman–Crippen MR) is 68.1 cm³/mol. The molecule has 0 unspecified atom stereocenters. The molecule has 2 rings (SSSR count). The highest BCUT2D eigenvalue weighted by Gasteiger charge is 2.10. The Balaban J connectivity index is 2.82. The topological polar surface area (TPSA) is 20.2 Å². The van der Waals surface area contributed by atoms with Crippen molar-refractivity contribution in [2.45, 2.75) is 11.9 Å². The van der Waals surface area contributed by atoms with Crippen molar-refractivity contribution in [2.24, 2.45) is 0 Å². The van der Waals surface area contributed by atoms with E-state index in [-0.39, 0.29) is 6.61 Å². The molecule has 2 aromatic rings. The van der Waals surface area contributed by atoms with E-state index in [9.17, 15) is 5.11 Å². The lowest BCUT2D eigenvalue weighted by Crippen LogP contribution is -1.91. The molecule has 0 saturated heterocycles. The number of hydrogen-bond acceptors (Lipinski definition) is 2. The molecule has 1 aromatic carbocycles. The molecule has 0 aliphatic rings. The van der Waals surface area contributed by atoms with Crippen molar-refractivity contribution >= 4 is 53.3 Å². The lowest BCUT2D eigenvalue weighted by atomic mass is 10.1. The number of thiophene rings is 1. The number of aliphatic hydroxyl groups is 1. The molecule has 1 N–H and O–H groups in total. The number of halogens is 2. The Morgan fingerprint density at radius 1 is 1.43 bits per heavy atom. The molecule has 1 heterocycles. The summed E-state index contributed by atoms with van der Waals surface area (Å²) in [7, 11) is 0. The third kappa shape index (κ3) is 1.65. The number of benzene rings is 1. The first kappa shape index (κ1) is 10.6. The van der Waals surface area contributed by atoms with Gasteiger partial charge in [-0.3, -0.25) is 0 Å². The van der Waals surface area contributed by atoms with Crippen LogP contribution in [0.1, 0.15) is 11.1 Å². The Labute approximate surface area is 103 Å². The van der Waals surface area contributed by atoms with E-state index in [0.717, 1.165) is 15.4 Å². The van der Waals surface area contributed by atoms with E-state index in [0.29, 0.717) is 0 Å². The minimum atomic E-state index is 0.0906. The Hall–Kier alpha value is 0.1000. The van der Waals surface area contributed by atoms with E-state index in [1.807, 2.05) is 6.07 Å². The molecule has 1 nitrogen and oxygen atoms in total. The van der Waals surface area contributed by atoms with Crippen LogP contribution in [0.25, 0.3) is 10.1 Å². The second-order valence-electron chi connectivity index (χ2n) is 2.95. The van der Waals surface area contributed by atoms with Gasteiger partial charge in [0.1, 0.15) is 0 Å². The van der Waals surface area contributed by atoms with Gasteiger partial charge in [0.05, 0.1) is 6.61 Å². The molecule has 74 valence electrons. The molecule has 0 bridgehead atoms. The molecule has 0 spiro atoms. The number of fused-ring (bicyclic) bond motifs is 1. The summed E-state index contributed by atoms with van der Waals surface area (Å²) in [6.07, 6.45) is 0. The van der Waals surface area contributed by atoms with Crippen LogP contribution in [0.4, 0.5) is 0 Å².